The van der Waals surface area contributed by atoms with E-state index < -0.39 is 71.9 Å². The van der Waals surface area contributed by atoms with Crippen LogP contribution in [0.5, 0.6) is 0 Å². The fraction of sp³-hybridized carbons (Fsp3) is 0.0612. The molecule has 10 aromatic carbocycles. The molecule has 0 N–H and O–H groups in total. The van der Waals surface area contributed by atoms with Gasteiger partial charge in [-0.15, -0.1) is 0 Å². The summed E-state index contributed by atoms with van der Waals surface area (Å²) in [6.07, 6.45) is 0. The number of rotatable bonds is 2. The van der Waals surface area contributed by atoms with Gasteiger partial charge in [0.1, 0.15) is 0 Å². The monoisotopic (exact) mass is 636 g/mol. The Morgan fingerprint density at radius 1 is 0.408 bits per heavy atom. The van der Waals surface area contributed by atoms with Crippen molar-refractivity contribution < 1.29 is 21.9 Å². The van der Waals surface area contributed by atoms with Crippen molar-refractivity contribution in [2.75, 3.05) is 0 Å². The van der Waals surface area contributed by atoms with Gasteiger partial charge in [0.2, 0.25) is 0 Å². The molecule has 0 radical (unpaired) electrons. The Balaban J connectivity index is 1.39. The summed E-state index contributed by atoms with van der Waals surface area (Å²) in [7, 11) is 0. The molecular weight excluding hydrogens is 589 g/mol. The zero-order chi connectivity index (χ0) is 46.4. The van der Waals surface area contributed by atoms with E-state index in [1.807, 2.05) is 36.4 Å². The second kappa shape index (κ2) is 9.56. The van der Waals surface area contributed by atoms with Crippen LogP contribution in [0, 0.1) is 0 Å². The van der Waals surface area contributed by atoms with E-state index in [-0.39, 0.29) is 95.9 Å². The predicted octanol–water partition coefficient (Wildman–Crippen LogP) is 13.7. The molecule has 11 rings (SSSR count). The van der Waals surface area contributed by atoms with E-state index in [4.69, 9.17) is 12.3 Å². The maximum atomic E-state index is 10.0. The Kier molecular flexibility index (Phi) is 3.11. The quantitative estimate of drug-likeness (QED) is 0.131. The van der Waals surface area contributed by atoms with Crippen molar-refractivity contribution in [2.45, 2.75) is 19.3 Å². The Hall–Kier alpha value is -5.98. The van der Waals surface area contributed by atoms with Gasteiger partial charge in [-0.3, -0.25) is 0 Å². The van der Waals surface area contributed by atoms with Gasteiger partial charge in [0.05, 0.1) is 21.9 Å². The van der Waals surface area contributed by atoms with E-state index in [0.29, 0.717) is 38.1 Å². The van der Waals surface area contributed by atoms with Gasteiger partial charge < -0.3 is 0 Å². The third-order valence-corrected chi connectivity index (χ3v) is 10.2. The van der Waals surface area contributed by atoms with E-state index in [1.165, 1.54) is 0 Å². The van der Waals surface area contributed by atoms with Crippen molar-refractivity contribution in [3.8, 4) is 33.4 Å². The van der Waals surface area contributed by atoms with Crippen molar-refractivity contribution >= 4 is 64.6 Å². The first-order chi connectivity index (χ1) is 30.8. The summed E-state index contributed by atoms with van der Waals surface area (Å²) in [5.41, 5.74) is 0.371. The van der Waals surface area contributed by atoms with E-state index in [1.54, 1.807) is 38.1 Å². The van der Waals surface area contributed by atoms with Crippen molar-refractivity contribution in [1.82, 2.24) is 0 Å². The van der Waals surface area contributed by atoms with E-state index in [9.17, 15) is 9.60 Å². The highest BCUT2D eigenvalue weighted by Crippen LogP contribution is 2.52. The molecule has 0 saturated heterocycles. The molecule has 0 atom stereocenters. The third kappa shape index (κ3) is 3.53. The van der Waals surface area contributed by atoms with Crippen LogP contribution >= 0.6 is 0 Å². The molecule has 0 amide bonds. The van der Waals surface area contributed by atoms with E-state index >= 15 is 0 Å². The lowest BCUT2D eigenvalue weighted by atomic mass is 9.79. The first kappa shape index (κ1) is 15.9. The molecule has 10 aromatic rings. The number of benzene rings is 10. The van der Waals surface area contributed by atoms with Crippen LogP contribution < -0.4 is 0 Å². The molecule has 1 aliphatic rings. The lowest BCUT2D eigenvalue weighted by molar-refractivity contribution is 0.660. The lowest BCUT2D eigenvalue weighted by Gasteiger charge is -2.24. The van der Waals surface area contributed by atoms with Crippen molar-refractivity contribution in [1.29, 1.82) is 0 Å². The summed E-state index contributed by atoms with van der Waals surface area (Å²) in [5, 5.41) is 2.89. The van der Waals surface area contributed by atoms with Gasteiger partial charge in [-0.05, 0) is 115 Å². The Morgan fingerprint density at radius 3 is 1.90 bits per heavy atom. The standard InChI is InChI=1S/C49H32/c1-49(2)42-17-8-7-14-35(42)36-24-23-33(28-43(36)49)45-37-15-5-6-16-38(37)48(47-34-13-4-3-10-29(34)20-27-41(45)47)40-26-22-32-19-18-30-11-9-12-31-21-25-39(40)46(32)44(30)31/h3-28H,1-2H3/i7D,8D,9D,11D,12D,14D,17D,18D,19D,21D,22D,23D,24D,25D,26D,28D. The summed E-state index contributed by atoms with van der Waals surface area (Å²) >= 11 is 0. The summed E-state index contributed by atoms with van der Waals surface area (Å²) in [6.45, 7) is 3.50. The molecule has 0 unspecified atom stereocenters. The lowest BCUT2D eigenvalue weighted by Crippen LogP contribution is -2.14. The van der Waals surface area contributed by atoms with Crippen LogP contribution in [0.2, 0.25) is 0 Å². The third-order valence-electron chi connectivity index (χ3n) is 10.2. The molecule has 0 saturated carbocycles. The molecule has 0 fully saturated rings. The number of hydrogen-bond acceptors (Lipinski definition) is 0. The minimum Gasteiger partial charge on any atom is -0.0619 e. The summed E-state index contributed by atoms with van der Waals surface area (Å²) in [6, 6.07) is 11.5. The van der Waals surface area contributed by atoms with Gasteiger partial charge in [-0.1, -0.05) is 165 Å². The van der Waals surface area contributed by atoms with Gasteiger partial charge in [0, 0.05) is 5.41 Å². The van der Waals surface area contributed by atoms with Crippen molar-refractivity contribution in [3.63, 3.8) is 0 Å². The zero-order valence-corrected chi connectivity index (χ0v) is 26.3. The highest BCUT2D eigenvalue weighted by atomic mass is 14.4. The fourth-order valence-corrected chi connectivity index (χ4v) is 8.01. The van der Waals surface area contributed by atoms with Crippen molar-refractivity contribution in [2.24, 2.45) is 0 Å². The van der Waals surface area contributed by atoms with Crippen molar-refractivity contribution in [3.05, 3.63) is 168 Å². The molecule has 0 spiro atoms. The van der Waals surface area contributed by atoms with Crippen LogP contribution in [0.15, 0.2) is 157 Å². The SMILES string of the molecule is [2H]c1c([2H])c([2H])c2c(c1[2H])-c1c([2H])c([2H])c(-c3c4ccccc4c(-c4c([2H])c([2H])c5c([2H])c([2H])c6c([2H])c([2H])c([2H])c7c([2H])c([2H])c4c5c67)c4c3ccc3ccccc34)c([2H])c1C2(C)C. The summed E-state index contributed by atoms with van der Waals surface area (Å²) in [4.78, 5) is 0. The summed E-state index contributed by atoms with van der Waals surface area (Å²) < 4.78 is 147. The minimum atomic E-state index is -1.20. The maximum absolute atomic E-state index is 10.0. The number of hydrogen-bond donors (Lipinski definition) is 0. The molecule has 0 aliphatic heterocycles. The average molecular weight is 637 g/mol. The number of fused-ring (bicyclic) bond motifs is 7. The summed E-state index contributed by atoms with van der Waals surface area (Å²) in [5.74, 6) is 0. The predicted molar refractivity (Wildman–Crippen MR) is 211 cm³/mol. The average Bonchev–Trinajstić information content (AvgIpc) is 3.54. The molecule has 0 heterocycles. The van der Waals surface area contributed by atoms with E-state index in [2.05, 4.69) is 0 Å². The molecule has 228 valence electrons. The second-order valence-corrected chi connectivity index (χ2v) is 13.1. The molecular formula is C49H32. The van der Waals surface area contributed by atoms with Gasteiger partial charge in [-0.25, -0.2) is 0 Å². The minimum absolute atomic E-state index is 0.00607. The van der Waals surface area contributed by atoms with Crippen LogP contribution in [0.25, 0.3) is 98.0 Å². The molecule has 0 nitrogen and oxygen atoms in total. The van der Waals surface area contributed by atoms with Gasteiger partial charge in [-0.2, -0.15) is 0 Å². The van der Waals surface area contributed by atoms with Gasteiger partial charge in [0.25, 0.3) is 0 Å². The Bertz CT molecular complexity index is 3900. The van der Waals surface area contributed by atoms with Gasteiger partial charge in [0.15, 0.2) is 0 Å². The second-order valence-electron chi connectivity index (χ2n) is 13.1. The van der Waals surface area contributed by atoms with Gasteiger partial charge >= 0.3 is 0 Å². The first-order valence-corrected chi connectivity index (χ1v) is 16.1. The molecule has 0 heteroatoms. The molecule has 49 heavy (non-hydrogen) atoms. The topological polar surface area (TPSA) is 0 Å². The zero-order valence-electron chi connectivity index (χ0n) is 42.3. The first-order valence-electron chi connectivity index (χ1n) is 24.1. The molecule has 1 aliphatic carbocycles. The van der Waals surface area contributed by atoms with Crippen LogP contribution in [-0.2, 0) is 5.41 Å². The Morgan fingerprint density at radius 2 is 1.06 bits per heavy atom. The largest absolute Gasteiger partial charge is 0.0633 e. The highest BCUT2D eigenvalue weighted by Gasteiger charge is 2.35. The van der Waals surface area contributed by atoms with Crippen LogP contribution in [0.1, 0.15) is 46.9 Å². The Labute approximate surface area is 307 Å². The smallest absolute Gasteiger partial charge is 0.0619 e. The maximum Gasteiger partial charge on any atom is 0.0633 e. The fourth-order valence-electron chi connectivity index (χ4n) is 8.01. The van der Waals surface area contributed by atoms with Crippen LogP contribution in [0.4, 0.5) is 0 Å². The van der Waals surface area contributed by atoms with Crippen LogP contribution in [0.3, 0.4) is 0 Å². The molecule has 0 bridgehead atoms. The highest BCUT2D eigenvalue weighted by molar-refractivity contribution is 6.32. The molecule has 0 aromatic heterocycles. The van der Waals surface area contributed by atoms with Crippen LogP contribution in [-0.4, -0.2) is 0 Å². The normalized spacial score (nSPS) is 18.2. The van der Waals surface area contributed by atoms with E-state index in [0.717, 1.165) is 5.39 Å².